The van der Waals surface area contributed by atoms with Gasteiger partial charge >= 0.3 is 0 Å². The van der Waals surface area contributed by atoms with Crippen molar-refractivity contribution in [3.8, 4) is 0 Å². The number of aliphatic hydroxyl groups excluding tert-OH is 1. The Labute approximate surface area is 141 Å². The lowest BCUT2D eigenvalue weighted by Crippen LogP contribution is -2.44. The summed E-state index contributed by atoms with van der Waals surface area (Å²) in [6.45, 7) is 6.32. The van der Waals surface area contributed by atoms with Gasteiger partial charge in [-0.1, -0.05) is 32.4 Å². The van der Waals surface area contributed by atoms with E-state index in [0.717, 1.165) is 48.9 Å². The summed E-state index contributed by atoms with van der Waals surface area (Å²) < 4.78 is 13.2. The van der Waals surface area contributed by atoms with Gasteiger partial charge in [0.25, 0.3) is 0 Å². The van der Waals surface area contributed by atoms with E-state index >= 15 is 0 Å². The normalized spacial score (nSPS) is 46.9. The van der Waals surface area contributed by atoms with E-state index in [1.807, 2.05) is 13.8 Å². The highest BCUT2D eigenvalue weighted by Crippen LogP contribution is 2.63. The highest BCUT2D eigenvalue weighted by Gasteiger charge is 2.53. The van der Waals surface area contributed by atoms with Crippen LogP contribution in [0.3, 0.4) is 0 Å². The molecule has 6 atom stereocenters. The summed E-state index contributed by atoms with van der Waals surface area (Å²) >= 11 is 0. The van der Waals surface area contributed by atoms with E-state index in [0.29, 0.717) is 5.92 Å². The lowest BCUT2D eigenvalue weighted by molar-refractivity contribution is 0.0138. The molecule has 0 amide bonds. The smallest absolute Gasteiger partial charge is 0.0864 e. The van der Waals surface area contributed by atoms with Crippen molar-refractivity contribution in [2.45, 2.75) is 78.2 Å². The molecule has 4 unspecified atom stereocenters. The number of fused-ring (bicyclic) bond motifs is 5. The van der Waals surface area contributed by atoms with Crippen molar-refractivity contribution in [2.24, 2.45) is 29.1 Å². The van der Waals surface area contributed by atoms with E-state index in [-0.39, 0.29) is 11.5 Å². The van der Waals surface area contributed by atoms with Crippen molar-refractivity contribution in [1.82, 2.24) is 0 Å². The number of allylic oxidation sites excluding steroid dienone is 2. The first-order valence-electron chi connectivity index (χ1n) is 9.80. The lowest BCUT2D eigenvalue weighted by Gasteiger charge is -2.52. The molecule has 130 valence electrons. The second-order valence-corrected chi connectivity index (χ2v) is 8.12. The van der Waals surface area contributed by atoms with E-state index in [4.69, 9.17) is 0 Å². The first-order chi connectivity index (χ1) is 11.1. The third-order valence-corrected chi connectivity index (χ3v) is 7.40. The molecule has 4 rings (SSSR count). The third-order valence-electron chi connectivity index (χ3n) is 7.40. The number of rotatable bonds is 0. The van der Waals surface area contributed by atoms with Gasteiger partial charge in [-0.2, -0.15) is 0 Å². The van der Waals surface area contributed by atoms with Gasteiger partial charge in [-0.05, 0) is 86.0 Å². The van der Waals surface area contributed by atoms with E-state index in [1.54, 1.807) is 0 Å². The Morgan fingerprint density at radius 3 is 2.70 bits per heavy atom. The molecule has 0 saturated heterocycles. The monoisotopic (exact) mass is 320 g/mol. The van der Waals surface area contributed by atoms with Crippen LogP contribution in [0.1, 0.15) is 72.1 Å². The minimum Gasteiger partial charge on any atom is -0.393 e. The van der Waals surface area contributed by atoms with Gasteiger partial charge in [0.2, 0.25) is 0 Å². The summed E-state index contributed by atoms with van der Waals surface area (Å²) in [4.78, 5) is 0. The van der Waals surface area contributed by atoms with Crippen molar-refractivity contribution in [3.63, 3.8) is 0 Å². The van der Waals surface area contributed by atoms with Crippen LogP contribution in [0.5, 0.6) is 0 Å². The van der Waals surface area contributed by atoms with Crippen LogP contribution in [0.15, 0.2) is 23.6 Å². The third kappa shape index (κ3) is 2.71. The van der Waals surface area contributed by atoms with Crippen LogP contribution < -0.4 is 0 Å². The molecule has 1 nitrogen and oxygen atoms in total. The Balaban J connectivity index is 0.000000753. The summed E-state index contributed by atoms with van der Waals surface area (Å²) in [7, 11) is 0. The van der Waals surface area contributed by atoms with Crippen LogP contribution in [0.2, 0.25) is 0 Å². The summed E-state index contributed by atoms with van der Waals surface area (Å²) in [5, 5.41) is 9.91. The summed E-state index contributed by atoms with van der Waals surface area (Å²) in [5.41, 5.74) is 2.76. The fraction of sp³-hybridized carbons (Fsp3) is 0.810. The Morgan fingerprint density at radius 2 is 1.96 bits per heavy atom. The number of halogens is 1. The first-order valence-corrected chi connectivity index (χ1v) is 9.80. The zero-order chi connectivity index (χ0) is 16.6. The topological polar surface area (TPSA) is 20.2 Å². The average molecular weight is 320 g/mol. The molecule has 1 N–H and O–H groups in total. The molecule has 0 radical (unpaired) electrons. The molecule has 0 aliphatic heterocycles. The average Bonchev–Trinajstić information content (AvgIpc) is 2.92. The molecular formula is C21H33FO. The van der Waals surface area contributed by atoms with Gasteiger partial charge in [-0.15, -0.1) is 0 Å². The predicted octanol–water partition coefficient (Wildman–Crippen LogP) is 5.80. The molecule has 0 aromatic heterocycles. The van der Waals surface area contributed by atoms with Gasteiger partial charge in [0.15, 0.2) is 0 Å². The zero-order valence-corrected chi connectivity index (χ0v) is 15.0. The van der Waals surface area contributed by atoms with E-state index in [1.165, 1.54) is 37.7 Å². The molecule has 0 aromatic carbocycles. The van der Waals surface area contributed by atoms with Crippen LogP contribution in [-0.2, 0) is 0 Å². The van der Waals surface area contributed by atoms with E-state index in [9.17, 15) is 9.50 Å². The molecular weight excluding hydrogens is 287 g/mol. The van der Waals surface area contributed by atoms with Gasteiger partial charge in [-0.25, -0.2) is 4.39 Å². The fourth-order valence-electron chi connectivity index (χ4n) is 6.28. The van der Waals surface area contributed by atoms with Gasteiger partial charge < -0.3 is 5.11 Å². The zero-order valence-electron chi connectivity index (χ0n) is 15.0. The highest BCUT2D eigenvalue weighted by atomic mass is 19.1. The molecule has 4 aliphatic rings. The molecule has 3 saturated carbocycles. The lowest BCUT2D eigenvalue weighted by atomic mass is 9.52. The van der Waals surface area contributed by atoms with Gasteiger partial charge in [-0.3, -0.25) is 0 Å². The maximum atomic E-state index is 13.2. The molecule has 0 aromatic rings. The largest absolute Gasteiger partial charge is 0.393 e. The molecule has 0 heterocycles. The molecule has 23 heavy (non-hydrogen) atoms. The predicted molar refractivity (Wildman–Crippen MR) is 93.6 cm³/mol. The Bertz CT molecular complexity index is 494. The summed E-state index contributed by atoms with van der Waals surface area (Å²) in [5.74, 6) is 2.96. The Hall–Kier alpha value is -0.630. The van der Waals surface area contributed by atoms with Crippen LogP contribution in [-0.4, -0.2) is 11.2 Å². The van der Waals surface area contributed by atoms with Crippen LogP contribution >= 0.6 is 0 Å². The fourth-order valence-corrected chi connectivity index (χ4v) is 6.28. The van der Waals surface area contributed by atoms with Crippen molar-refractivity contribution >= 4 is 0 Å². The maximum absolute atomic E-state index is 13.2. The quantitative estimate of drug-likeness (QED) is 0.559. The van der Waals surface area contributed by atoms with Crippen molar-refractivity contribution < 1.29 is 9.50 Å². The number of hydrogen-bond donors (Lipinski definition) is 1. The Morgan fingerprint density at radius 1 is 1.17 bits per heavy atom. The maximum Gasteiger partial charge on any atom is 0.0864 e. The summed E-state index contributed by atoms with van der Waals surface area (Å²) in [6, 6.07) is 0. The van der Waals surface area contributed by atoms with Gasteiger partial charge in [0.05, 0.1) is 12.4 Å². The van der Waals surface area contributed by atoms with Gasteiger partial charge in [0.1, 0.15) is 0 Å². The number of hydrogen-bond acceptors (Lipinski definition) is 1. The highest BCUT2D eigenvalue weighted by molar-refractivity contribution is 5.25. The second-order valence-electron chi connectivity index (χ2n) is 8.12. The minimum atomic E-state index is -0.106. The van der Waals surface area contributed by atoms with Crippen LogP contribution in [0.25, 0.3) is 0 Å². The van der Waals surface area contributed by atoms with E-state index < -0.39 is 0 Å². The minimum absolute atomic E-state index is 0.106. The first kappa shape index (κ1) is 17.2. The molecule has 3 fully saturated rings. The SMILES string of the molecule is CC.C[C@]12CCC3C(CC=C4CC(O)CC[C@@H]43)C1CC/C2=C\F. The van der Waals surface area contributed by atoms with E-state index in [2.05, 4.69) is 13.0 Å². The van der Waals surface area contributed by atoms with Gasteiger partial charge in [0, 0.05) is 0 Å². The van der Waals surface area contributed by atoms with Crippen LogP contribution in [0.4, 0.5) is 4.39 Å². The second kappa shape index (κ2) is 6.70. The molecule has 4 aliphatic carbocycles. The summed E-state index contributed by atoms with van der Waals surface area (Å²) in [6.07, 6.45) is 12.1. The standard InChI is InChI=1S/C19H27FO.C2H6/c1-19-9-8-16-15-6-4-14(21)10-12(15)2-5-17(16)18(19)7-3-13(19)11-20;1-2/h2,11,14-18,21H,3-10H2,1H3;1-2H3/b13-11+;/t14?,15-,16?,17?,18?,19+;/m0./s1. The Kier molecular flexibility index (Phi) is 5.01. The van der Waals surface area contributed by atoms with Crippen molar-refractivity contribution in [3.05, 3.63) is 23.6 Å². The number of aliphatic hydroxyl groups is 1. The molecule has 0 spiro atoms. The molecule has 2 heteroatoms. The van der Waals surface area contributed by atoms with Crippen LogP contribution in [0, 0.1) is 29.1 Å². The van der Waals surface area contributed by atoms with Crippen molar-refractivity contribution in [1.29, 1.82) is 0 Å². The molecule has 0 bridgehead atoms. The van der Waals surface area contributed by atoms with Crippen molar-refractivity contribution in [2.75, 3.05) is 0 Å².